The first kappa shape index (κ1) is 20.8. The summed E-state index contributed by atoms with van der Waals surface area (Å²) in [7, 11) is 0. The number of amides is 1. The van der Waals surface area contributed by atoms with E-state index in [9.17, 15) is 4.79 Å². The van der Waals surface area contributed by atoms with Gasteiger partial charge in [-0.25, -0.2) is 0 Å². The van der Waals surface area contributed by atoms with Gasteiger partial charge in [-0.3, -0.25) is 4.79 Å². The van der Waals surface area contributed by atoms with E-state index in [1.54, 1.807) is 6.26 Å². The number of carbonyl (C=O) groups is 1. The number of H-pyrrole nitrogens is 1. The predicted octanol–water partition coefficient (Wildman–Crippen LogP) is 6.59. The van der Waals surface area contributed by atoms with Gasteiger partial charge in [0.25, 0.3) is 0 Å². The second kappa shape index (κ2) is 8.71. The van der Waals surface area contributed by atoms with E-state index in [1.165, 1.54) is 10.9 Å². The summed E-state index contributed by atoms with van der Waals surface area (Å²) in [5.74, 6) is 2.55. The van der Waals surface area contributed by atoms with Crippen LogP contribution in [-0.4, -0.2) is 28.4 Å². The van der Waals surface area contributed by atoms with Gasteiger partial charge >= 0.3 is 0 Å². The van der Waals surface area contributed by atoms with Crippen LogP contribution in [0.25, 0.3) is 22.2 Å². The number of fused-ring (bicyclic) bond motifs is 1. The Labute approximate surface area is 179 Å². The van der Waals surface area contributed by atoms with Crippen molar-refractivity contribution in [3.8, 4) is 11.3 Å². The molecule has 4 rings (SSSR count). The van der Waals surface area contributed by atoms with Crippen molar-refractivity contribution in [3.63, 3.8) is 0 Å². The lowest BCUT2D eigenvalue weighted by Gasteiger charge is -2.44. The first-order valence-electron chi connectivity index (χ1n) is 11.4. The van der Waals surface area contributed by atoms with Gasteiger partial charge in [0.05, 0.1) is 6.26 Å². The average Bonchev–Trinajstić information content (AvgIpc) is 3.41. The largest absolute Gasteiger partial charge is 0.464 e. The van der Waals surface area contributed by atoms with Gasteiger partial charge < -0.3 is 14.3 Å². The zero-order valence-corrected chi connectivity index (χ0v) is 18.7. The third-order valence-electron chi connectivity index (χ3n) is 7.17. The van der Waals surface area contributed by atoms with Gasteiger partial charge in [-0.2, -0.15) is 0 Å². The highest BCUT2D eigenvalue weighted by Crippen LogP contribution is 2.37. The molecule has 0 radical (unpaired) electrons. The summed E-state index contributed by atoms with van der Waals surface area (Å²) in [6, 6.07) is 10.5. The molecule has 160 valence electrons. The molecular weight excluding hydrogens is 372 g/mol. The molecule has 1 N–H and O–H groups in total. The summed E-state index contributed by atoms with van der Waals surface area (Å²) >= 11 is 0. The van der Waals surface area contributed by atoms with E-state index in [2.05, 4.69) is 55.9 Å². The van der Waals surface area contributed by atoms with E-state index < -0.39 is 0 Å². The molecule has 1 aliphatic heterocycles. The second-order valence-electron chi connectivity index (χ2n) is 9.12. The van der Waals surface area contributed by atoms with Crippen LogP contribution in [0.1, 0.15) is 64.9 Å². The molecule has 1 aliphatic rings. The number of likely N-dealkylation sites (tertiary alicyclic amines) is 1. The summed E-state index contributed by atoms with van der Waals surface area (Å²) in [6.07, 6.45) is 7.65. The van der Waals surface area contributed by atoms with Crippen molar-refractivity contribution in [1.82, 2.24) is 9.88 Å². The van der Waals surface area contributed by atoms with E-state index in [0.717, 1.165) is 42.6 Å². The number of aromatic amines is 1. The quantitative estimate of drug-likeness (QED) is 0.502. The van der Waals surface area contributed by atoms with Gasteiger partial charge in [0.15, 0.2) is 0 Å². The van der Waals surface area contributed by atoms with Gasteiger partial charge in [0.1, 0.15) is 5.76 Å². The van der Waals surface area contributed by atoms with Gasteiger partial charge in [0, 0.05) is 41.7 Å². The fourth-order valence-electron chi connectivity index (χ4n) is 5.18. The Morgan fingerprint density at radius 3 is 2.83 bits per heavy atom. The highest BCUT2D eigenvalue weighted by Gasteiger charge is 2.35. The Kier molecular flexibility index (Phi) is 6.03. The molecule has 2 aromatic heterocycles. The van der Waals surface area contributed by atoms with E-state index in [-0.39, 0.29) is 5.92 Å². The minimum Gasteiger partial charge on any atom is -0.464 e. The maximum Gasteiger partial charge on any atom is 0.223 e. The predicted molar refractivity (Wildman–Crippen MR) is 122 cm³/mol. The Bertz CT molecular complexity index is 988. The van der Waals surface area contributed by atoms with E-state index in [0.29, 0.717) is 30.2 Å². The molecule has 1 saturated heterocycles. The SMILES string of the molecule is CCCC1C(C)C(C)CCN1C(=O)CC(C)c1c[nH]c2cccc(-c3ccco3)c12. The molecule has 30 heavy (non-hydrogen) atoms. The molecule has 3 heterocycles. The lowest BCUT2D eigenvalue weighted by atomic mass is 9.80. The first-order valence-corrected chi connectivity index (χ1v) is 11.4. The topological polar surface area (TPSA) is 49.2 Å². The number of benzene rings is 1. The number of nitrogens with one attached hydrogen (secondary N) is 1. The van der Waals surface area contributed by atoms with Crippen LogP contribution in [0.5, 0.6) is 0 Å². The zero-order chi connectivity index (χ0) is 21.3. The maximum atomic E-state index is 13.4. The standard InChI is InChI=1S/C26H34N2O2/c1-5-8-23-19(4)17(2)12-13-28(23)25(29)15-18(3)21-16-27-22-10-6-9-20(26(21)22)24-11-7-14-30-24/h6-7,9-11,14,16-19,23,27H,5,8,12-13,15H2,1-4H3. The molecule has 0 spiro atoms. The molecular formula is C26H34N2O2. The van der Waals surface area contributed by atoms with Crippen molar-refractivity contribution in [2.45, 2.75) is 65.3 Å². The van der Waals surface area contributed by atoms with Crippen molar-refractivity contribution < 1.29 is 9.21 Å². The highest BCUT2D eigenvalue weighted by molar-refractivity contribution is 5.97. The number of piperidine rings is 1. The molecule has 0 bridgehead atoms. The lowest BCUT2D eigenvalue weighted by Crippen LogP contribution is -2.50. The van der Waals surface area contributed by atoms with Crippen molar-refractivity contribution in [2.24, 2.45) is 11.8 Å². The highest BCUT2D eigenvalue weighted by atomic mass is 16.3. The molecule has 0 aliphatic carbocycles. The van der Waals surface area contributed by atoms with E-state index in [1.807, 2.05) is 18.2 Å². The molecule has 4 atom stereocenters. The number of nitrogens with zero attached hydrogens (tertiary/aromatic N) is 1. The molecule has 4 unspecified atom stereocenters. The number of furan rings is 1. The van der Waals surface area contributed by atoms with Crippen molar-refractivity contribution in [1.29, 1.82) is 0 Å². The summed E-state index contributed by atoms with van der Waals surface area (Å²) in [4.78, 5) is 19.0. The van der Waals surface area contributed by atoms with Gasteiger partial charge in [-0.1, -0.05) is 46.2 Å². The van der Waals surface area contributed by atoms with Crippen LogP contribution < -0.4 is 0 Å². The van der Waals surface area contributed by atoms with Crippen LogP contribution in [0.15, 0.2) is 47.2 Å². The molecule has 1 fully saturated rings. The van der Waals surface area contributed by atoms with Crippen LogP contribution in [0, 0.1) is 11.8 Å². The fraction of sp³-hybridized carbons (Fsp3) is 0.500. The Morgan fingerprint density at radius 1 is 1.27 bits per heavy atom. The van der Waals surface area contributed by atoms with Crippen molar-refractivity contribution in [2.75, 3.05) is 6.54 Å². The minimum atomic E-state index is 0.138. The van der Waals surface area contributed by atoms with Crippen LogP contribution >= 0.6 is 0 Å². The summed E-state index contributed by atoms with van der Waals surface area (Å²) in [6.45, 7) is 9.94. The monoisotopic (exact) mass is 406 g/mol. The van der Waals surface area contributed by atoms with Crippen LogP contribution in [0.4, 0.5) is 0 Å². The lowest BCUT2D eigenvalue weighted by molar-refractivity contribution is -0.138. The number of aromatic nitrogens is 1. The molecule has 0 saturated carbocycles. The molecule has 1 aromatic carbocycles. The smallest absolute Gasteiger partial charge is 0.223 e. The second-order valence-corrected chi connectivity index (χ2v) is 9.12. The van der Waals surface area contributed by atoms with Crippen molar-refractivity contribution >= 4 is 16.8 Å². The summed E-state index contributed by atoms with van der Waals surface area (Å²) < 4.78 is 5.68. The molecule has 4 heteroatoms. The van der Waals surface area contributed by atoms with E-state index in [4.69, 9.17) is 4.42 Å². The van der Waals surface area contributed by atoms with Gasteiger partial charge in [-0.05, 0) is 54.4 Å². The number of carbonyl (C=O) groups excluding carboxylic acids is 1. The average molecular weight is 407 g/mol. The van der Waals surface area contributed by atoms with Gasteiger partial charge in [-0.15, -0.1) is 0 Å². The van der Waals surface area contributed by atoms with Crippen molar-refractivity contribution in [3.05, 3.63) is 48.4 Å². The Morgan fingerprint density at radius 2 is 2.10 bits per heavy atom. The number of rotatable bonds is 6. The third kappa shape index (κ3) is 3.80. The number of hydrogen-bond donors (Lipinski definition) is 1. The summed E-state index contributed by atoms with van der Waals surface area (Å²) in [5.41, 5.74) is 3.36. The van der Waals surface area contributed by atoms with Gasteiger partial charge in [0.2, 0.25) is 5.91 Å². The first-order chi connectivity index (χ1) is 14.5. The summed E-state index contributed by atoms with van der Waals surface area (Å²) in [5, 5.41) is 1.17. The molecule has 3 aromatic rings. The normalized spacial score (nSPS) is 23.1. The van der Waals surface area contributed by atoms with E-state index >= 15 is 0 Å². The fourth-order valence-corrected chi connectivity index (χ4v) is 5.18. The Balaban J connectivity index is 1.59. The maximum absolute atomic E-state index is 13.4. The molecule has 4 nitrogen and oxygen atoms in total. The van der Waals surface area contributed by atoms with Crippen LogP contribution in [-0.2, 0) is 4.79 Å². The Hall–Kier alpha value is -2.49. The minimum absolute atomic E-state index is 0.138. The molecule has 1 amide bonds. The van der Waals surface area contributed by atoms with Crippen LogP contribution in [0.3, 0.4) is 0 Å². The van der Waals surface area contributed by atoms with Crippen LogP contribution in [0.2, 0.25) is 0 Å². The zero-order valence-electron chi connectivity index (χ0n) is 18.7. The number of hydrogen-bond acceptors (Lipinski definition) is 2. The third-order valence-corrected chi connectivity index (χ3v) is 7.17.